The third kappa shape index (κ3) is 3.83. The summed E-state index contributed by atoms with van der Waals surface area (Å²) in [6.07, 6.45) is 1.93. The number of aliphatic hydroxyl groups is 1. The second kappa shape index (κ2) is 6.07. The lowest BCUT2D eigenvalue weighted by Crippen LogP contribution is -2.15. The molecule has 1 aromatic rings. The second-order valence-electron chi connectivity index (χ2n) is 3.62. The molecule has 0 bridgehead atoms. The van der Waals surface area contributed by atoms with Gasteiger partial charge in [-0.3, -0.25) is 4.55 Å². The molecule has 0 heterocycles. The first-order valence-corrected chi connectivity index (χ1v) is 6.56. The maximum Gasteiger partial charge on any atom is 0.330 e. The van der Waals surface area contributed by atoms with Gasteiger partial charge < -0.3 is 9.84 Å². The lowest BCUT2D eigenvalue weighted by molar-refractivity contribution is -0.134. The smallest absolute Gasteiger partial charge is 0.330 e. The van der Waals surface area contributed by atoms with Crippen LogP contribution in [-0.4, -0.2) is 31.2 Å². The molecule has 0 spiro atoms. The largest absolute Gasteiger partial charge is 0.466 e. The van der Waals surface area contributed by atoms with Crippen LogP contribution in [0.25, 0.3) is 6.08 Å². The molecule has 0 aliphatic carbocycles. The van der Waals surface area contributed by atoms with E-state index in [9.17, 15) is 22.0 Å². The number of halogens is 2. The van der Waals surface area contributed by atoms with E-state index in [0.717, 1.165) is 19.3 Å². The van der Waals surface area contributed by atoms with Crippen LogP contribution >= 0.6 is 0 Å². The Labute approximate surface area is 113 Å². The van der Waals surface area contributed by atoms with E-state index in [1.165, 1.54) is 0 Å². The topological polar surface area (TPSA) is 101 Å². The van der Waals surface area contributed by atoms with Crippen LogP contribution in [0.4, 0.5) is 8.78 Å². The Hall–Kier alpha value is -1.84. The second-order valence-corrected chi connectivity index (χ2v) is 5.10. The molecule has 0 aliphatic heterocycles. The van der Waals surface area contributed by atoms with Crippen molar-refractivity contribution in [2.45, 2.75) is 5.44 Å². The van der Waals surface area contributed by atoms with Gasteiger partial charge in [-0.05, 0) is 23.8 Å². The molecule has 0 aliphatic rings. The number of ether oxygens (including phenoxy) is 1. The summed E-state index contributed by atoms with van der Waals surface area (Å²) in [5, 5.41) is 9.16. The zero-order chi connectivity index (χ0) is 15.5. The van der Waals surface area contributed by atoms with Crippen LogP contribution in [-0.2, 0) is 19.6 Å². The van der Waals surface area contributed by atoms with Crippen molar-refractivity contribution in [1.29, 1.82) is 0 Å². The molecule has 6 nitrogen and oxygen atoms in total. The zero-order valence-corrected chi connectivity index (χ0v) is 10.9. The lowest BCUT2D eigenvalue weighted by Gasteiger charge is -2.10. The highest BCUT2D eigenvalue weighted by atomic mass is 32.2. The van der Waals surface area contributed by atoms with E-state index >= 15 is 0 Å². The van der Waals surface area contributed by atoms with E-state index in [-0.39, 0.29) is 5.56 Å². The van der Waals surface area contributed by atoms with Crippen LogP contribution < -0.4 is 0 Å². The van der Waals surface area contributed by atoms with Crippen LogP contribution in [0.15, 0.2) is 18.2 Å². The minimum absolute atomic E-state index is 0.100. The van der Waals surface area contributed by atoms with Gasteiger partial charge in [-0.15, -0.1) is 0 Å². The molecule has 0 fully saturated rings. The Morgan fingerprint density at radius 3 is 2.25 bits per heavy atom. The number of benzene rings is 1. The van der Waals surface area contributed by atoms with Crippen LogP contribution in [0.5, 0.6) is 0 Å². The number of rotatable bonds is 4. The Kier molecular flexibility index (Phi) is 4.93. The monoisotopic (exact) mass is 308 g/mol. The Morgan fingerprint density at radius 2 is 1.85 bits per heavy atom. The molecular formula is C11H10F2O6S. The van der Waals surface area contributed by atoms with Gasteiger partial charge in [0.25, 0.3) is 10.1 Å². The summed E-state index contributed by atoms with van der Waals surface area (Å²) in [5.41, 5.74) is -4.04. The normalized spacial score (nSPS) is 13.4. The minimum Gasteiger partial charge on any atom is -0.466 e. The summed E-state index contributed by atoms with van der Waals surface area (Å²) in [6.45, 7) is 0. The van der Waals surface area contributed by atoms with Gasteiger partial charge in [0.15, 0.2) is 0 Å². The molecule has 0 saturated carbocycles. The molecule has 2 N–H and O–H groups in total. The minimum atomic E-state index is -5.06. The van der Waals surface area contributed by atoms with Crippen LogP contribution in [0, 0.1) is 11.6 Å². The van der Waals surface area contributed by atoms with E-state index in [0.29, 0.717) is 12.1 Å². The standard InChI is InChI=1S/C11H10F2O6S/c1-19-9(14)3-2-6-4-7(12)10(8(13)5-6)11(15)20(16,17)18/h2-5,11,15H,1H3,(H,16,17,18). The number of esters is 1. The van der Waals surface area contributed by atoms with Crippen molar-refractivity contribution in [3.63, 3.8) is 0 Å². The summed E-state index contributed by atoms with van der Waals surface area (Å²) in [6, 6.07) is 1.37. The first kappa shape index (κ1) is 16.2. The van der Waals surface area contributed by atoms with Gasteiger partial charge in [0, 0.05) is 6.08 Å². The van der Waals surface area contributed by atoms with Crippen molar-refractivity contribution in [1.82, 2.24) is 0 Å². The molecule has 0 aromatic heterocycles. The van der Waals surface area contributed by atoms with Crippen LogP contribution in [0.1, 0.15) is 16.6 Å². The van der Waals surface area contributed by atoms with Crippen molar-refractivity contribution in [2.24, 2.45) is 0 Å². The SMILES string of the molecule is COC(=O)C=Cc1cc(F)c(C(O)S(=O)(=O)O)c(F)c1. The fourth-order valence-corrected chi connectivity index (χ4v) is 1.84. The third-order valence-corrected chi connectivity index (χ3v) is 3.04. The van der Waals surface area contributed by atoms with E-state index in [1.807, 2.05) is 0 Å². The Bertz CT molecular complexity index is 630. The molecule has 1 unspecified atom stereocenters. The van der Waals surface area contributed by atoms with Crippen molar-refractivity contribution in [3.05, 3.63) is 41.0 Å². The van der Waals surface area contributed by atoms with E-state index in [4.69, 9.17) is 9.66 Å². The van der Waals surface area contributed by atoms with E-state index in [1.54, 1.807) is 0 Å². The van der Waals surface area contributed by atoms with Gasteiger partial charge in [0.2, 0.25) is 5.44 Å². The average Bonchev–Trinajstić information content (AvgIpc) is 2.33. The summed E-state index contributed by atoms with van der Waals surface area (Å²) in [7, 11) is -3.95. The first-order valence-electron chi connectivity index (χ1n) is 5.06. The number of carbonyl (C=O) groups is 1. The maximum absolute atomic E-state index is 13.6. The van der Waals surface area contributed by atoms with Crippen LogP contribution in [0.3, 0.4) is 0 Å². The van der Waals surface area contributed by atoms with Gasteiger partial charge in [0.1, 0.15) is 11.6 Å². The molecule has 1 rings (SSSR count). The summed E-state index contributed by atoms with van der Waals surface area (Å²) in [4.78, 5) is 10.8. The molecule has 1 aromatic carbocycles. The summed E-state index contributed by atoms with van der Waals surface area (Å²) in [5.74, 6) is -3.54. The van der Waals surface area contributed by atoms with Gasteiger partial charge >= 0.3 is 5.97 Å². The van der Waals surface area contributed by atoms with E-state index in [2.05, 4.69) is 4.74 Å². The van der Waals surface area contributed by atoms with Gasteiger partial charge in [-0.25, -0.2) is 13.6 Å². The lowest BCUT2D eigenvalue weighted by atomic mass is 10.1. The zero-order valence-electron chi connectivity index (χ0n) is 10.1. The molecule has 20 heavy (non-hydrogen) atoms. The summed E-state index contributed by atoms with van der Waals surface area (Å²) < 4.78 is 61.3. The third-order valence-electron chi connectivity index (χ3n) is 2.24. The number of hydrogen-bond acceptors (Lipinski definition) is 5. The summed E-state index contributed by atoms with van der Waals surface area (Å²) >= 11 is 0. The van der Waals surface area contributed by atoms with Crippen molar-refractivity contribution < 1.29 is 36.4 Å². The number of methoxy groups -OCH3 is 1. The van der Waals surface area contributed by atoms with Gasteiger partial charge in [-0.1, -0.05) is 0 Å². The van der Waals surface area contributed by atoms with Crippen molar-refractivity contribution in [3.8, 4) is 0 Å². The number of hydrogen-bond donors (Lipinski definition) is 2. The van der Waals surface area contributed by atoms with E-state index < -0.39 is 38.7 Å². The predicted octanol–water partition coefficient (Wildman–Crippen LogP) is 1.03. The number of aliphatic hydroxyl groups excluding tert-OH is 1. The molecule has 0 saturated heterocycles. The van der Waals surface area contributed by atoms with Gasteiger partial charge in [-0.2, -0.15) is 8.42 Å². The molecule has 0 radical (unpaired) electrons. The molecular weight excluding hydrogens is 298 g/mol. The predicted molar refractivity (Wildman–Crippen MR) is 63.9 cm³/mol. The van der Waals surface area contributed by atoms with Crippen LogP contribution in [0.2, 0.25) is 0 Å². The quantitative estimate of drug-likeness (QED) is 0.489. The Morgan fingerprint density at radius 1 is 1.35 bits per heavy atom. The first-order chi connectivity index (χ1) is 9.16. The fraction of sp³-hybridized carbons (Fsp3) is 0.182. The highest BCUT2D eigenvalue weighted by Gasteiger charge is 2.28. The Balaban J connectivity index is 3.23. The van der Waals surface area contributed by atoms with Gasteiger partial charge in [0.05, 0.1) is 12.7 Å². The van der Waals surface area contributed by atoms with Crippen molar-refractivity contribution >= 4 is 22.2 Å². The molecule has 0 amide bonds. The fourth-order valence-electron chi connectivity index (χ4n) is 1.32. The highest BCUT2D eigenvalue weighted by molar-refractivity contribution is 7.85. The average molecular weight is 308 g/mol. The highest BCUT2D eigenvalue weighted by Crippen LogP contribution is 2.26. The van der Waals surface area contributed by atoms with Crippen molar-refractivity contribution in [2.75, 3.05) is 7.11 Å². The maximum atomic E-state index is 13.6. The molecule has 9 heteroatoms. The molecule has 110 valence electrons. The number of carbonyl (C=O) groups excluding carboxylic acids is 1. The molecule has 1 atom stereocenters.